The third-order valence-electron chi connectivity index (χ3n) is 5.76. The highest BCUT2D eigenvalue weighted by Crippen LogP contribution is 2.30. The Morgan fingerprint density at radius 2 is 2.06 bits per heavy atom. The monoisotopic (exact) mass is 457 g/mol. The molecule has 0 radical (unpaired) electrons. The number of nitrogens with one attached hydrogen (secondary N) is 1. The van der Waals surface area contributed by atoms with Crippen LogP contribution in [0.15, 0.2) is 23.0 Å². The highest BCUT2D eigenvalue weighted by atomic mass is 16.5. The van der Waals surface area contributed by atoms with E-state index in [1.54, 1.807) is 30.1 Å². The van der Waals surface area contributed by atoms with Crippen molar-refractivity contribution in [3.63, 3.8) is 0 Å². The first-order chi connectivity index (χ1) is 17.9. The van der Waals surface area contributed by atoms with Crippen molar-refractivity contribution in [1.29, 1.82) is 0 Å². The predicted octanol–water partition coefficient (Wildman–Crippen LogP) is 2.45. The molecule has 1 aliphatic heterocycles. The van der Waals surface area contributed by atoms with Crippen LogP contribution in [0.2, 0.25) is 0 Å². The topological polar surface area (TPSA) is 96.3 Å². The number of H-pyrrole nitrogens is 1. The molecule has 33 heavy (non-hydrogen) atoms. The van der Waals surface area contributed by atoms with Gasteiger partial charge in [0.1, 0.15) is 17.1 Å². The zero-order valence-corrected chi connectivity index (χ0v) is 19.1. The van der Waals surface area contributed by atoms with Crippen LogP contribution in [0.25, 0.3) is 22.4 Å². The Labute approximate surface area is 200 Å². The van der Waals surface area contributed by atoms with Crippen LogP contribution in [0.1, 0.15) is 50.0 Å². The van der Waals surface area contributed by atoms with Crippen molar-refractivity contribution in [3.8, 4) is 17.1 Å². The Kier molecular flexibility index (Phi) is 5.11. The van der Waals surface area contributed by atoms with Gasteiger partial charge >= 0.3 is 0 Å². The number of hydrogen-bond acceptors (Lipinski definition) is 6. The molecule has 4 rings (SSSR count). The molecular formula is C24H32N6O3. The molecular weight excluding hydrogens is 420 g/mol. The average Bonchev–Trinajstić information content (AvgIpc) is 3.19. The Morgan fingerprint density at radius 3 is 2.76 bits per heavy atom. The highest BCUT2D eigenvalue weighted by Gasteiger charge is 2.23. The highest BCUT2D eigenvalue weighted by molar-refractivity contribution is 5.96. The fourth-order valence-electron chi connectivity index (χ4n) is 4.11. The average molecular weight is 458 g/mol. The molecule has 1 fully saturated rings. The number of aryl methyl sites for hydroxylation is 2. The molecule has 1 amide bonds. The minimum atomic E-state index is -2.79. The Hall–Kier alpha value is -3.20. The Balaban J connectivity index is 1.67. The number of carbonyl (C=O) groups excluding carboxylic acids is 1. The number of nitrogens with zero attached hydrogens (tertiary/aromatic N) is 5. The SMILES string of the molecule is [2H]C([2H])([2H])C([2H])([2H])N1CCN(C(=O)c2ccc(OCC)c(-c3nc4c(CCC)nn(C)c4c(=O)[nH]3)c2)CC1. The molecule has 9 nitrogen and oxygen atoms in total. The predicted molar refractivity (Wildman–Crippen MR) is 128 cm³/mol. The molecule has 1 N–H and O–H groups in total. The van der Waals surface area contributed by atoms with Crippen molar-refractivity contribution in [1.82, 2.24) is 29.5 Å². The maximum atomic E-state index is 13.4. The van der Waals surface area contributed by atoms with E-state index >= 15 is 0 Å². The first kappa shape index (κ1) is 17.3. The number of rotatable bonds is 7. The van der Waals surface area contributed by atoms with E-state index in [9.17, 15) is 9.59 Å². The third kappa shape index (κ3) is 4.50. The summed E-state index contributed by atoms with van der Waals surface area (Å²) in [6, 6.07) is 4.92. The molecule has 1 saturated heterocycles. The quantitative estimate of drug-likeness (QED) is 0.585. The molecule has 0 unspecified atom stereocenters. The van der Waals surface area contributed by atoms with Crippen molar-refractivity contribution in [2.45, 2.75) is 33.5 Å². The first-order valence-electron chi connectivity index (χ1n) is 13.7. The van der Waals surface area contributed by atoms with Gasteiger partial charge in [0.25, 0.3) is 11.5 Å². The number of likely N-dealkylation sites (N-methyl/N-ethyl adjacent to an activating group) is 1. The van der Waals surface area contributed by atoms with Gasteiger partial charge in [-0.15, -0.1) is 0 Å². The summed E-state index contributed by atoms with van der Waals surface area (Å²) in [6.45, 7) is -0.515. The van der Waals surface area contributed by atoms with Gasteiger partial charge in [0.05, 0.1) is 17.9 Å². The molecule has 0 bridgehead atoms. The Morgan fingerprint density at radius 1 is 1.27 bits per heavy atom. The molecule has 1 aromatic carbocycles. The Bertz CT molecular complexity index is 1390. The van der Waals surface area contributed by atoms with Crippen LogP contribution in [0.4, 0.5) is 0 Å². The molecule has 1 aliphatic rings. The zero-order valence-electron chi connectivity index (χ0n) is 24.1. The minimum absolute atomic E-state index is 0.0910. The standard InChI is InChI=1S/C24H32N6O3/c1-5-8-18-20-21(28(4)27-18)23(31)26-22(25-20)17-15-16(9-10-19(17)33-7-3)24(32)30-13-11-29(6-2)12-14-30/h9-10,15H,5-8,11-14H2,1-4H3,(H,25,26,31)/i2D3,6D2. The smallest absolute Gasteiger partial charge is 0.277 e. The van der Waals surface area contributed by atoms with E-state index < -0.39 is 13.3 Å². The summed E-state index contributed by atoms with van der Waals surface area (Å²) in [5.74, 6) is 0.435. The van der Waals surface area contributed by atoms with Crippen LogP contribution < -0.4 is 10.3 Å². The summed E-state index contributed by atoms with van der Waals surface area (Å²) in [7, 11) is 1.70. The number of benzene rings is 1. The van der Waals surface area contributed by atoms with Gasteiger partial charge in [-0.25, -0.2) is 4.98 Å². The summed E-state index contributed by atoms with van der Waals surface area (Å²) in [4.78, 5) is 36.7. The van der Waals surface area contributed by atoms with Crippen LogP contribution in [0, 0.1) is 0 Å². The second-order valence-electron chi connectivity index (χ2n) is 7.97. The van der Waals surface area contributed by atoms with Crippen molar-refractivity contribution < 1.29 is 16.4 Å². The fraction of sp³-hybridized carbons (Fsp3) is 0.500. The summed E-state index contributed by atoms with van der Waals surface area (Å²) < 4.78 is 45.7. The van der Waals surface area contributed by atoms with Gasteiger partial charge in [-0.05, 0) is 38.0 Å². The number of carbonyl (C=O) groups is 1. The number of aromatic nitrogens is 4. The van der Waals surface area contributed by atoms with Crippen molar-refractivity contribution in [2.24, 2.45) is 7.05 Å². The summed E-state index contributed by atoms with van der Waals surface area (Å²) in [6.07, 6.45) is 1.50. The van der Waals surface area contributed by atoms with Gasteiger partial charge in [0, 0.05) is 45.6 Å². The number of aromatic amines is 1. The van der Waals surface area contributed by atoms with Gasteiger partial charge in [0.15, 0.2) is 5.52 Å². The van der Waals surface area contributed by atoms with E-state index in [-0.39, 0.29) is 43.5 Å². The van der Waals surface area contributed by atoms with Gasteiger partial charge in [-0.2, -0.15) is 5.10 Å². The maximum absolute atomic E-state index is 13.4. The largest absolute Gasteiger partial charge is 0.493 e. The van der Waals surface area contributed by atoms with Gasteiger partial charge in [-0.1, -0.05) is 20.2 Å². The number of amides is 1. The van der Waals surface area contributed by atoms with E-state index in [1.165, 1.54) is 9.58 Å². The lowest BCUT2D eigenvalue weighted by Gasteiger charge is -2.34. The van der Waals surface area contributed by atoms with E-state index in [1.807, 2.05) is 13.8 Å². The number of fused-ring (bicyclic) bond motifs is 1. The minimum Gasteiger partial charge on any atom is -0.493 e. The van der Waals surface area contributed by atoms with Crippen LogP contribution in [-0.2, 0) is 13.5 Å². The maximum Gasteiger partial charge on any atom is 0.277 e. The summed E-state index contributed by atoms with van der Waals surface area (Å²) in [5, 5.41) is 4.46. The van der Waals surface area contributed by atoms with Crippen molar-refractivity contribution >= 4 is 16.9 Å². The van der Waals surface area contributed by atoms with Crippen molar-refractivity contribution in [2.75, 3.05) is 39.3 Å². The lowest BCUT2D eigenvalue weighted by atomic mass is 10.1. The fourth-order valence-corrected chi connectivity index (χ4v) is 4.11. The van der Waals surface area contributed by atoms with Crippen molar-refractivity contribution in [3.05, 3.63) is 39.8 Å². The summed E-state index contributed by atoms with van der Waals surface area (Å²) in [5.41, 5.74) is 2.06. The van der Waals surface area contributed by atoms with Gasteiger partial charge < -0.3 is 19.5 Å². The van der Waals surface area contributed by atoms with Crippen LogP contribution in [0.5, 0.6) is 5.75 Å². The zero-order chi connectivity index (χ0) is 27.8. The van der Waals surface area contributed by atoms with E-state index in [2.05, 4.69) is 10.1 Å². The summed E-state index contributed by atoms with van der Waals surface area (Å²) >= 11 is 0. The van der Waals surface area contributed by atoms with Crippen LogP contribution >= 0.6 is 0 Å². The lowest BCUT2D eigenvalue weighted by Crippen LogP contribution is -2.48. The second kappa shape index (κ2) is 9.74. The molecule has 3 aromatic rings. The molecule has 3 heterocycles. The molecule has 0 atom stereocenters. The van der Waals surface area contributed by atoms with Gasteiger partial charge in [-0.3, -0.25) is 14.3 Å². The third-order valence-corrected chi connectivity index (χ3v) is 5.76. The normalized spacial score (nSPS) is 17.8. The van der Waals surface area contributed by atoms with E-state index in [0.717, 1.165) is 12.1 Å². The molecule has 0 aliphatic carbocycles. The second-order valence-corrected chi connectivity index (χ2v) is 7.97. The molecule has 0 saturated carbocycles. The molecule has 176 valence electrons. The first-order valence-corrected chi connectivity index (χ1v) is 11.2. The van der Waals surface area contributed by atoms with E-state index in [0.29, 0.717) is 40.9 Å². The number of ether oxygens (including phenoxy) is 1. The van der Waals surface area contributed by atoms with Gasteiger partial charge in [0.2, 0.25) is 0 Å². The molecule has 9 heteroatoms. The van der Waals surface area contributed by atoms with Crippen LogP contribution in [-0.4, -0.2) is 74.7 Å². The number of piperazine rings is 1. The van der Waals surface area contributed by atoms with E-state index in [4.69, 9.17) is 16.6 Å². The number of hydrogen-bond donors (Lipinski definition) is 1. The molecule has 0 spiro atoms. The lowest BCUT2D eigenvalue weighted by molar-refractivity contribution is 0.0643. The van der Waals surface area contributed by atoms with Crippen LogP contribution in [0.3, 0.4) is 0 Å². The molecule has 2 aromatic heterocycles.